The molecule has 0 saturated heterocycles. The molecule has 2 N–H and O–H groups in total. The topological polar surface area (TPSA) is 40.8 Å². The van der Waals surface area contributed by atoms with Gasteiger partial charge < -0.3 is 14.7 Å². The Morgan fingerprint density at radius 1 is 0.844 bits per heavy atom. The highest BCUT2D eigenvalue weighted by Crippen LogP contribution is 2.53. The van der Waals surface area contributed by atoms with Crippen molar-refractivity contribution in [2.45, 2.75) is 47.0 Å². The minimum atomic E-state index is -0.197. The number of hydrogen-bond donors (Lipinski definition) is 2. The number of allylic oxidation sites excluding steroid dienone is 1. The third-order valence-corrected chi connectivity index (χ3v) is 6.65. The quantitative estimate of drug-likeness (QED) is 0.279. The van der Waals surface area contributed by atoms with Crippen molar-refractivity contribution < 1.29 is 4.74 Å². The average Bonchev–Trinajstić information content (AvgIpc) is 3.32. The lowest BCUT2D eigenvalue weighted by Gasteiger charge is -2.35. The number of benzene rings is 3. The lowest BCUT2D eigenvalue weighted by molar-refractivity contribution is 0.424. The SMILES string of the molecule is C/C=C\c1c(C)[nH]c2c3c(ccc12)C(C)(C)c1c(ccc2c1[nH]c1ccccc12)O3.CC. The summed E-state index contributed by atoms with van der Waals surface area (Å²) in [6.45, 7) is 12.8. The van der Waals surface area contributed by atoms with Gasteiger partial charge in [-0.3, -0.25) is 0 Å². The van der Waals surface area contributed by atoms with E-state index in [1.165, 1.54) is 38.4 Å². The molecule has 3 aromatic carbocycles. The van der Waals surface area contributed by atoms with E-state index in [-0.39, 0.29) is 5.41 Å². The van der Waals surface area contributed by atoms with Gasteiger partial charge in [0.05, 0.1) is 11.0 Å². The van der Waals surface area contributed by atoms with Crippen molar-refractivity contribution in [2.24, 2.45) is 0 Å². The van der Waals surface area contributed by atoms with Gasteiger partial charge in [0.1, 0.15) is 5.75 Å². The molecule has 2 aromatic heterocycles. The van der Waals surface area contributed by atoms with Gasteiger partial charge >= 0.3 is 0 Å². The lowest BCUT2D eigenvalue weighted by Crippen LogP contribution is -2.25. The van der Waals surface area contributed by atoms with Crippen LogP contribution in [0.4, 0.5) is 0 Å². The van der Waals surface area contributed by atoms with E-state index >= 15 is 0 Å². The number of aromatic amines is 2. The normalized spacial score (nSPS) is 14.3. The molecule has 1 aliphatic rings. The second kappa shape index (κ2) is 7.30. The summed E-state index contributed by atoms with van der Waals surface area (Å²) in [5.74, 6) is 1.87. The van der Waals surface area contributed by atoms with Crippen molar-refractivity contribution in [3.63, 3.8) is 0 Å². The third kappa shape index (κ3) is 2.67. The molecule has 0 fully saturated rings. The maximum atomic E-state index is 6.60. The monoisotopic (exact) mass is 422 g/mol. The van der Waals surface area contributed by atoms with Crippen molar-refractivity contribution in [3.05, 3.63) is 77.0 Å². The summed E-state index contributed by atoms with van der Waals surface area (Å²) >= 11 is 0. The van der Waals surface area contributed by atoms with E-state index in [4.69, 9.17) is 4.74 Å². The molecule has 0 radical (unpaired) electrons. The van der Waals surface area contributed by atoms with E-state index in [0.29, 0.717) is 0 Å². The second-order valence-electron chi connectivity index (χ2n) is 8.79. The molecule has 6 rings (SSSR count). The molecular weight excluding hydrogens is 392 g/mol. The van der Waals surface area contributed by atoms with Gasteiger partial charge in [-0.2, -0.15) is 0 Å². The van der Waals surface area contributed by atoms with Crippen LogP contribution < -0.4 is 4.74 Å². The Hall–Kier alpha value is -3.46. The molecule has 3 heteroatoms. The minimum absolute atomic E-state index is 0.197. The molecular formula is C29H30N2O. The number of H-pyrrole nitrogens is 2. The number of aryl methyl sites for hydroxylation is 1. The molecule has 0 saturated carbocycles. The standard InChI is InChI=1S/C27H24N2O.C2H6/c1-5-8-16-15(2)28-25-18(16)11-13-20-26(25)30-22-14-12-19-17-9-6-7-10-21(17)29-24(19)23(22)27(20,3)4;1-2/h5-14,28-29H,1-4H3;1-2H3/b8-5-;. The first kappa shape index (κ1) is 20.4. The van der Waals surface area contributed by atoms with E-state index in [2.05, 4.69) is 98.3 Å². The van der Waals surface area contributed by atoms with Crippen molar-refractivity contribution in [2.75, 3.05) is 0 Å². The summed E-state index contributed by atoms with van der Waals surface area (Å²) in [6.07, 6.45) is 4.25. The fourth-order valence-electron chi connectivity index (χ4n) is 5.22. The Morgan fingerprint density at radius 2 is 1.59 bits per heavy atom. The molecule has 1 aliphatic heterocycles. The van der Waals surface area contributed by atoms with Gasteiger partial charge in [0.15, 0.2) is 5.75 Å². The number of fused-ring (bicyclic) bond motifs is 8. The maximum absolute atomic E-state index is 6.60. The zero-order valence-electron chi connectivity index (χ0n) is 19.7. The van der Waals surface area contributed by atoms with Crippen LogP contribution in [0, 0.1) is 6.92 Å². The second-order valence-corrected chi connectivity index (χ2v) is 8.79. The molecule has 5 aromatic rings. The first-order valence-electron chi connectivity index (χ1n) is 11.5. The largest absolute Gasteiger partial charge is 0.454 e. The van der Waals surface area contributed by atoms with Crippen LogP contribution in [0.3, 0.4) is 0 Å². The van der Waals surface area contributed by atoms with E-state index < -0.39 is 0 Å². The Balaban J connectivity index is 0.00000105. The van der Waals surface area contributed by atoms with E-state index in [1.807, 2.05) is 13.8 Å². The van der Waals surface area contributed by atoms with Gasteiger partial charge in [-0.1, -0.05) is 70.2 Å². The van der Waals surface area contributed by atoms with Gasteiger partial charge in [0, 0.05) is 49.5 Å². The van der Waals surface area contributed by atoms with Crippen molar-refractivity contribution >= 4 is 38.8 Å². The highest BCUT2D eigenvalue weighted by Gasteiger charge is 2.38. The third-order valence-electron chi connectivity index (χ3n) is 6.65. The van der Waals surface area contributed by atoms with Crippen LogP contribution in [0.15, 0.2) is 54.6 Å². The fourth-order valence-corrected chi connectivity index (χ4v) is 5.22. The number of hydrogen-bond acceptors (Lipinski definition) is 1. The minimum Gasteiger partial charge on any atom is -0.454 e. The summed E-state index contributed by atoms with van der Waals surface area (Å²) in [5, 5.41) is 3.70. The molecule has 32 heavy (non-hydrogen) atoms. The molecule has 3 nitrogen and oxygen atoms in total. The number of ether oxygens (including phenoxy) is 1. The van der Waals surface area contributed by atoms with Crippen LogP contribution in [0.5, 0.6) is 11.5 Å². The zero-order chi connectivity index (χ0) is 22.6. The Morgan fingerprint density at radius 3 is 2.38 bits per heavy atom. The molecule has 0 aliphatic carbocycles. The van der Waals surface area contributed by atoms with Crippen LogP contribution in [-0.4, -0.2) is 9.97 Å². The lowest BCUT2D eigenvalue weighted by atomic mass is 9.74. The molecule has 0 spiro atoms. The smallest absolute Gasteiger partial charge is 0.155 e. The van der Waals surface area contributed by atoms with Crippen molar-refractivity contribution in [1.29, 1.82) is 0 Å². The Kier molecular flexibility index (Phi) is 4.67. The van der Waals surface area contributed by atoms with Crippen molar-refractivity contribution in [1.82, 2.24) is 9.97 Å². The molecule has 0 atom stereocenters. The molecule has 0 bridgehead atoms. The fraction of sp³-hybridized carbons (Fsp3) is 0.241. The highest BCUT2D eigenvalue weighted by molar-refractivity contribution is 6.09. The summed E-state index contributed by atoms with van der Waals surface area (Å²) in [6, 6.07) is 17.3. The van der Waals surface area contributed by atoms with Gasteiger partial charge in [0.2, 0.25) is 0 Å². The van der Waals surface area contributed by atoms with Crippen LogP contribution in [0.1, 0.15) is 57.0 Å². The number of aromatic nitrogens is 2. The van der Waals surface area contributed by atoms with E-state index in [0.717, 1.165) is 28.2 Å². The maximum Gasteiger partial charge on any atom is 0.155 e. The first-order valence-corrected chi connectivity index (χ1v) is 11.5. The summed E-state index contributed by atoms with van der Waals surface area (Å²) in [4.78, 5) is 7.25. The van der Waals surface area contributed by atoms with Gasteiger partial charge in [-0.25, -0.2) is 0 Å². The van der Waals surface area contributed by atoms with Gasteiger partial charge in [0.25, 0.3) is 0 Å². The van der Waals surface area contributed by atoms with Crippen LogP contribution in [0.2, 0.25) is 0 Å². The highest BCUT2D eigenvalue weighted by atomic mass is 16.5. The summed E-state index contributed by atoms with van der Waals surface area (Å²) in [5.41, 5.74) is 8.03. The van der Waals surface area contributed by atoms with Crippen LogP contribution in [0.25, 0.3) is 38.8 Å². The van der Waals surface area contributed by atoms with E-state index in [1.54, 1.807) is 0 Å². The van der Waals surface area contributed by atoms with E-state index in [9.17, 15) is 0 Å². The Labute approximate surface area is 189 Å². The number of rotatable bonds is 1. The van der Waals surface area contributed by atoms with Crippen LogP contribution in [-0.2, 0) is 5.41 Å². The summed E-state index contributed by atoms with van der Waals surface area (Å²) < 4.78 is 6.60. The van der Waals surface area contributed by atoms with Gasteiger partial charge in [-0.05, 0) is 32.0 Å². The van der Waals surface area contributed by atoms with Crippen LogP contribution >= 0.6 is 0 Å². The zero-order valence-corrected chi connectivity index (χ0v) is 19.7. The number of para-hydroxylation sites is 1. The Bertz CT molecular complexity index is 1510. The first-order chi connectivity index (χ1) is 15.5. The summed E-state index contributed by atoms with van der Waals surface area (Å²) in [7, 11) is 0. The molecule has 0 amide bonds. The molecule has 0 unspecified atom stereocenters. The molecule has 3 heterocycles. The van der Waals surface area contributed by atoms with Crippen molar-refractivity contribution in [3.8, 4) is 11.5 Å². The average molecular weight is 423 g/mol. The van der Waals surface area contributed by atoms with Gasteiger partial charge in [-0.15, -0.1) is 0 Å². The molecule has 162 valence electrons. The predicted molar refractivity (Wildman–Crippen MR) is 137 cm³/mol. The predicted octanol–water partition coefficient (Wildman–Crippen LogP) is 8.60. The number of nitrogens with one attached hydrogen (secondary N) is 2.